The molecule has 2 aromatic carbocycles. The van der Waals surface area contributed by atoms with Crippen molar-refractivity contribution in [2.75, 3.05) is 18.7 Å². The van der Waals surface area contributed by atoms with E-state index in [4.69, 9.17) is 0 Å². The lowest BCUT2D eigenvalue weighted by Crippen LogP contribution is -2.16. The minimum absolute atomic E-state index is 0.0196. The number of carbonyl (C=O) groups is 2. The third-order valence-electron chi connectivity index (χ3n) is 3.35. The lowest BCUT2D eigenvalue weighted by molar-refractivity contribution is -0.384. The molecule has 0 aliphatic heterocycles. The number of anilines is 1. The number of methoxy groups -OCH3 is 1. The van der Waals surface area contributed by atoms with E-state index in [-0.39, 0.29) is 21.7 Å². The molecule has 0 bridgehead atoms. The number of ether oxygens (including phenoxy) is 1. The third-order valence-corrected chi connectivity index (χ3v) is 4.50. The molecule has 136 valence electrons. The number of hydrogen-bond acceptors (Lipinski definition) is 7. The summed E-state index contributed by atoms with van der Waals surface area (Å²) in [4.78, 5) is 34.3. The summed E-state index contributed by atoms with van der Waals surface area (Å²) in [5.74, 6) is -1.66. The maximum atomic E-state index is 12.5. The summed E-state index contributed by atoms with van der Waals surface area (Å²) in [5.41, 5.74) is -0.827. The Hall–Kier alpha value is -3.27. The molecule has 0 heterocycles. The van der Waals surface area contributed by atoms with E-state index >= 15 is 0 Å². The summed E-state index contributed by atoms with van der Waals surface area (Å²) in [6, 6.07) is 8.80. The van der Waals surface area contributed by atoms with Crippen molar-refractivity contribution in [1.29, 1.82) is 0 Å². The predicted molar refractivity (Wildman–Crippen MR) is 91.9 cm³/mol. The Morgan fingerprint density at radius 1 is 1.12 bits per heavy atom. The molecule has 0 radical (unpaired) electrons. The van der Waals surface area contributed by atoms with Crippen LogP contribution in [0.2, 0.25) is 0 Å². The van der Waals surface area contributed by atoms with E-state index in [1.54, 1.807) is 0 Å². The first-order valence-electron chi connectivity index (χ1n) is 7.11. The van der Waals surface area contributed by atoms with E-state index in [2.05, 4.69) is 10.1 Å². The van der Waals surface area contributed by atoms with Crippen LogP contribution in [0.1, 0.15) is 20.7 Å². The highest BCUT2D eigenvalue weighted by atomic mass is 32.2. The second-order valence-electron chi connectivity index (χ2n) is 5.24. The number of para-hydroxylation sites is 1. The molecule has 26 heavy (non-hydrogen) atoms. The highest BCUT2D eigenvalue weighted by Gasteiger charge is 2.20. The van der Waals surface area contributed by atoms with Gasteiger partial charge in [-0.3, -0.25) is 14.9 Å². The van der Waals surface area contributed by atoms with Crippen molar-refractivity contribution in [2.45, 2.75) is 4.90 Å². The van der Waals surface area contributed by atoms with Crippen LogP contribution in [0.25, 0.3) is 0 Å². The number of carbonyl (C=O) groups excluding carboxylic acids is 2. The Kier molecular flexibility index (Phi) is 5.36. The van der Waals surface area contributed by atoms with Gasteiger partial charge in [-0.2, -0.15) is 0 Å². The van der Waals surface area contributed by atoms with Crippen molar-refractivity contribution >= 4 is 33.1 Å². The van der Waals surface area contributed by atoms with Gasteiger partial charge in [0.1, 0.15) is 0 Å². The number of nitrogens with one attached hydrogen (secondary N) is 1. The minimum atomic E-state index is -3.61. The molecule has 0 saturated heterocycles. The monoisotopic (exact) mass is 378 g/mol. The second-order valence-corrected chi connectivity index (χ2v) is 7.22. The second kappa shape index (κ2) is 7.31. The van der Waals surface area contributed by atoms with Gasteiger partial charge in [0.15, 0.2) is 9.84 Å². The molecule has 1 N–H and O–H groups in total. The van der Waals surface area contributed by atoms with Gasteiger partial charge in [-0.15, -0.1) is 0 Å². The summed E-state index contributed by atoms with van der Waals surface area (Å²) >= 11 is 0. The largest absolute Gasteiger partial charge is 0.465 e. The zero-order valence-corrected chi connectivity index (χ0v) is 14.6. The first-order chi connectivity index (χ1) is 12.1. The van der Waals surface area contributed by atoms with E-state index in [9.17, 15) is 28.1 Å². The molecular weight excluding hydrogens is 364 g/mol. The van der Waals surface area contributed by atoms with Crippen molar-refractivity contribution in [2.24, 2.45) is 0 Å². The predicted octanol–water partition coefficient (Wildman–Crippen LogP) is 2.04. The highest BCUT2D eigenvalue weighted by molar-refractivity contribution is 7.90. The molecule has 0 spiro atoms. The van der Waals surface area contributed by atoms with E-state index in [1.807, 2.05) is 0 Å². The molecule has 0 atom stereocenters. The molecule has 2 aromatic rings. The van der Waals surface area contributed by atoms with Crippen LogP contribution < -0.4 is 5.32 Å². The zero-order chi connectivity index (χ0) is 19.5. The number of rotatable bonds is 5. The number of nitrogens with zero attached hydrogens (tertiary/aromatic N) is 1. The SMILES string of the molecule is COC(=O)c1cc(C(=O)Nc2ccccc2S(C)(=O)=O)cc([N+](=O)[O-])c1. The molecule has 0 unspecified atom stereocenters. The Balaban J connectivity index is 2.47. The smallest absolute Gasteiger partial charge is 0.338 e. The van der Waals surface area contributed by atoms with E-state index in [0.717, 1.165) is 31.6 Å². The highest BCUT2D eigenvalue weighted by Crippen LogP contribution is 2.23. The van der Waals surface area contributed by atoms with Gasteiger partial charge in [0.25, 0.3) is 11.6 Å². The summed E-state index contributed by atoms with van der Waals surface area (Å²) in [5, 5.41) is 13.4. The van der Waals surface area contributed by atoms with E-state index < -0.39 is 32.3 Å². The lowest BCUT2D eigenvalue weighted by atomic mass is 10.1. The van der Waals surface area contributed by atoms with Crippen LogP contribution >= 0.6 is 0 Å². The van der Waals surface area contributed by atoms with Crippen LogP contribution in [-0.2, 0) is 14.6 Å². The van der Waals surface area contributed by atoms with Gasteiger partial charge in [0.05, 0.1) is 28.2 Å². The normalized spacial score (nSPS) is 10.8. The van der Waals surface area contributed by atoms with E-state index in [1.165, 1.54) is 24.3 Å². The fourth-order valence-corrected chi connectivity index (χ4v) is 3.02. The molecule has 2 rings (SSSR count). The Labute approximate surface area is 148 Å². The average Bonchev–Trinajstić information content (AvgIpc) is 2.60. The number of nitro groups is 1. The maximum Gasteiger partial charge on any atom is 0.338 e. The zero-order valence-electron chi connectivity index (χ0n) is 13.8. The quantitative estimate of drug-likeness (QED) is 0.478. The topological polar surface area (TPSA) is 133 Å². The lowest BCUT2D eigenvalue weighted by Gasteiger charge is -2.10. The summed E-state index contributed by atoms with van der Waals surface area (Å²) < 4.78 is 28.1. The van der Waals surface area contributed by atoms with Crippen LogP contribution in [0.5, 0.6) is 0 Å². The molecule has 0 aliphatic carbocycles. The molecule has 0 saturated carbocycles. The number of sulfone groups is 1. The van der Waals surface area contributed by atoms with Gasteiger partial charge >= 0.3 is 5.97 Å². The molecule has 1 amide bonds. The van der Waals surface area contributed by atoms with Crippen molar-refractivity contribution in [3.8, 4) is 0 Å². The van der Waals surface area contributed by atoms with Crippen LogP contribution in [0.15, 0.2) is 47.4 Å². The number of hydrogen-bond donors (Lipinski definition) is 1. The Bertz CT molecular complexity index is 999. The third kappa shape index (κ3) is 4.22. The van der Waals surface area contributed by atoms with Gasteiger partial charge in [0.2, 0.25) is 0 Å². The molecule has 10 heteroatoms. The first kappa shape index (κ1) is 19.1. The molecule has 0 aromatic heterocycles. The summed E-state index contributed by atoms with van der Waals surface area (Å²) in [6.45, 7) is 0. The van der Waals surface area contributed by atoms with Gasteiger partial charge in [0, 0.05) is 24.0 Å². The van der Waals surface area contributed by atoms with Crippen molar-refractivity contribution < 1.29 is 27.7 Å². The molecule has 0 fully saturated rings. The molecular formula is C16H14N2O7S. The Morgan fingerprint density at radius 3 is 2.31 bits per heavy atom. The maximum absolute atomic E-state index is 12.5. The average molecular weight is 378 g/mol. The fraction of sp³-hybridized carbons (Fsp3) is 0.125. The standard InChI is InChI=1S/C16H14N2O7S/c1-25-16(20)11-7-10(8-12(9-11)18(21)22)15(19)17-13-5-3-4-6-14(13)26(2,23)24/h3-9H,1-2H3,(H,17,19). The first-order valence-corrected chi connectivity index (χ1v) is 9.01. The van der Waals surface area contributed by atoms with E-state index in [0.29, 0.717) is 0 Å². The Morgan fingerprint density at radius 2 is 1.73 bits per heavy atom. The molecule has 9 nitrogen and oxygen atoms in total. The van der Waals surface area contributed by atoms with Crippen molar-refractivity contribution in [3.63, 3.8) is 0 Å². The minimum Gasteiger partial charge on any atom is -0.465 e. The number of nitro benzene ring substituents is 1. The summed E-state index contributed by atoms with van der Waals surface area (Å²) in [7, 11) is -2.51. The summed E-state index contributed by atoms with van der Waals surface area (Å²) in [6.07, 6.45) is 0.987. The molecule has 0 aliphatic rings. The van der Waals surface area contributed by atoms with Crippen LogP contribution in [0, 0.1) is 10.1 Å². The number of benzene rings is 2. The van der Waals surface area contributed by atoms with Gasteiger partial charge in [-0.1, -0.05) is 12.1 Å². The number of amides is 1. The van der Waals surface area contributed by atoms with Crippen molar-refractivity contribution in [3.05, 3.63) is 63.7 Å². The van der Waals surface area contributed by atoms with Gasteiger partial charge in [-0.05, 0) is 18.2 Å². The number of non-ortho nitro benzene ring substituents is 1. The number of esters is 1. The van der Waals surface area contributed by atoms with Crippen LogP contribution in [-0.4, -0.2) is 38.6 Å². The van der Waals surface area contributed by atoms with Crippen LogP contribution in [0.3, 0.4) is 0 Å². The van der Waals surface area contributed by atoms with Gasteiger partial charge in [-0.25, -0.2) is 13.2 Å². The van der Waals surface area contributed by atoms with Crippen LogP contribution in [0.4, 0.5) is 11.4 Å². The van der Waals surface area contributed by atoms with Gasteiger partial charge < -0.3 is 10.1 Å². The van der Waals surface area contributed by atoms with Crippen molar-refractivity contribution in [1.82, 2.24) is 0 Å². The fourth-order valence-electron chi connectivity index (χ4n) is 2.17.